The van der Waals surface area contributed by atoms with Crippen molar-refractivity contribution in [2.45, 2.75) is 11.8 Å². The highest BCUT2D eigenvalue weighted by Crippen LogP contribution is 2.24. The van der Waals surface area contributed by atoms with Crippen molar-refractivity contribution in [1.82, 2.24) is 14.2 Å². The van der Waals surface area contributed by atoms with Crippen LogP contribution in [0.25, 0.3) is 10.9 Å². The molecule has 32 heavy (non-hydrogen) atoms. The number of carbonyl (C=O) groups excluding carboxylic acids is 1. The molecule has 2 heterocycles. The van der Waals surface area contributed by atoms with E-state index in [1.54, 1.807) is 37.1 Å². The highest BCUT2D eigenvalue weighted by Gasteiger charge is 2.31. The maximum absolute atomic E-state index is 13.5. The van der Waals surface area contributed by atoms with E-state index in [0.29, 0.717) is 23.1 Å². The zero-order valence-electron chi connectivity index (χ0n) is 17.5. The van der Waals surface area contributed by atoms with Crippen LogP contribution in [0.3, 0.4) is 0 Å². The van der Waals surface area contributed by atoms with Crippen molar-refractivity contribution in [3.05, 3.63) is 65.4 Å². The minimum atomic E-state index is -4.00. The summed E-state index contributed by atoms with van der Waals surface area (Å²) in [7, 11) is -2.44. The molecule has 10 heteroatoms. The number of ether oxygens (including phenoxy) is 1. The molecule has 168 valence electrons. The lowest BCUT2D eigenvalue weighted by Crippen LogP contribution is -2.50. The Morgan fingerprint density at radius 2 is 1.72 bits per heavy atom. The van der Waals surface area contributed by atoms with Gasteiger partial charge in [-0.25, -0.2) is 17.2 Å². The van der Waals surface area contributed by atoms with Crippen LogP contribution < -0.4 is 4.74 Å². The molecule has 1 aliphatic rings. The van der Waals surface area contributed by atoms with Crippen LogP contribution in [0.15, 0.2) is 47.4 Å². The third-order valence-corrected chi connectivity index (χ3v) is 7.39. The number of nitrogens with zero attached hydrogens (tertiary/aromatic N) is 3. The summed E-state index contributed by atoms with van der Waals surface area (Å²) >= 11 is 0. The Bertz CT molecular complexity index is 1310. The second kappa shape index (κ2) is 8.44. The number of halogens is 2. The zero-order valence-corrected chi connectivity index (χ0v) is 18.3. The Balaban J connectivity index is 1.52. The fourth-order valence-corrected chi connectivity index (χ4v) is 5.12. The van der Waals surface area contributed by atoms with Crippen LogP contribution in [-0.2, 0) is 10.0 Å². The fourth-order valence-electron chi connectivity index (χ4n) is 3.68. The smallest absolute Gasteiger partial charge is 0.255 e. The lowest BCUT2D eigenvalue weighted by Gasteiger charge is -2.34. The van der Waals surface area contributed by atoms with Gasteiger partial charge in [-0.3, -0.25) is 9.78 Å². The number of sulfonamides is 1. The van der Waals surface area contributed by atoms with Gasteiger partial charge < -0.3 is 9.64 Å². The van der Waals surface area contributed by atoms with Gasteiger partial charge in [-0.15, -0.1) is 0 Å². The van der Waals surface area contributed by atoms with Crippen LogP contribution >= 0.6 is 0 Å². The van der Waals surface area contributed by atoms with Gasteiger partial charge in [0, 0.05) is 31.6 Å². The van der Waals surface area contributed by atoms with Crippen molar-refractivity contribution >= 4 is 26.8 Å². The molecule has 1 aromatic heterocycles. The number of piperazine rings is 1. The summed E-state index contributed by atoms with van der Waals surface area (Å²) in [6, 6.07) is 9.65. The second-order valence-electron chi connectivity index (χ2n) is 7.45. The van der Waals surface area contributed by atoms with Crippen molar-refractivity contribution in [3.63, 3.8) is 0 Å². The summed E-state index contributed by atoms with van der Waals surface area (Å²) in [5, 5.41) is 0.762. The standard InChI is InChI=1S/C22H21F2N3O4S/c1-14-18(12-15-11-16(31-2)3-6-21(15)25-14)22(28)26-7-9-27(10-8-26)32(29,30)17-4-5-19(23)20(24)13-17/h3-6,11-13H,7-10H2,1-2H3. The van der Waals surface area contributed by atoms with E-state index < -0.39 is 21.7 Å². The first-order valence-electron chi connectivity index (χ1n) is 9.90. The molecule has 3 aromatic rings. The average Bonchev–Trinajstić information content (AvgIpc) is 2.79. The molecule has 1 saturated heterocycles. The van der Waals surface area contributed by atoms with Crippen molar-refractivity contribution in [1.29, 1.82) is 0 Å². The van der Waals surface area contributed by atoms with Gasteiger partial charge in [0.1, 0.15) is 5.75 Å². The van der Waals surface area contributed by atoms with Gasteiger partial charge in [0.15, 0.2) is 11.6 Å². The van der Waals surface area contributed by atoms with Gasteiger partial charge in [-0.2, -0.15) is 4.31 Å². The summed E-state index contributed by atoms with van der Waals surface area (Å²) in [5.41, 5.74) is 1.74. The number of aryl methyl sites for hydroxylation is 1. The third-order valence-electron chi connectivity index (χ3n) is 5.50. The first-order chi connectivity index (χ1) is 15.2. The monoisotopic (exact) mass is 461 g/mol. The summed E-state index contributed by atoms with van der Waals surface area (Å²) in [5.74, 6) is -1.94. The van der Waals surface area contributed by atoms with Crippen LogP contribution in [0.2, 0.25) is 0 Å². The molecule has 0 saturated carbocycles. The number of rotatable bonds is 4. The third kappa shape index (κ3) is 4.03. The zero-order chi connectivity index (χ0) is 23.0. The molecule has 7 nitrogen and oxygen atoms in total. The topological polar surface area (TPSA) is 79.8 Å². The van der Waals surface area contributed by atoms with Crippen molar-refractivity contribution < 1.29 is 26.7 Å². The fraction of sp³-hybridized carbons (Fsp3) is 0.273. The number of hydrogen-bond acceptors (Lipinski definition) is 5. The number of hydrogen-bond donors (Lipinski definition) is 0. The average molecular weight is 461 g/mol. The van der Waals surface area contributed by atoms with Gasteiger partial charge in [0.05, 0.1) is 28.8 Å². The number of aromatic nitrogens is 1. The quantitative estimate of drug-likeness (QED) is 0.597. The van der Waals surface area contributed by atoms with E-state index in [0.717, 1.165) is 23.0 Å². The van der Waals surface area contributed by atoms with Crippen molar-refractivity contribution in [2.24, 2.45) is 0 Å². The molecule has 0 spiro atoms. The summed E-state index contributed by atoms with van der Waals surface area (Å²) in [4.78, 5) is 18.9. The molecular weight excluding hydrogens is 440 g/mol. The maximum Gasteiger partial charge on any atom is 0.255 e. The number of benzene rings is 2. The van der Waals surface area contributed by atoms with E-state index in [4.69, 9.17) is 4.74 Å². The lowest BCUT2D eigenvalue weighted by molar-refractivity contribution is 0.0697. The first kappa shape index (κ1) is 22.1. The summed E-state index contributed by atoms with van der Waals surface area (Å²) in [6.45, 7) is 2.16. The van der Waals surface area contributed by atoms with E-state index in [1.807, 2.05) is 6.07 Å². The van der Waals surface area contributed by atoms with Gasteiger partial charge >= 0.3 is 0 Å². The van der Waals surface area contributed by atoms with Crippen molar-refractivity contribution in [2.75, 3.05) is 33.3 Å². The molecule has 0 bridgehead atoms. The molecule has 1 amide bonds. The minimum absolute atomic E-state index is 0.0426. The van der Waals surface area contributed by atoms with E-state index >= 15 is 0 Å². The Hall–Kier alpha value is -3.11. The van der Waals surface area contributed by atoms with E-state index in [9.17, 15) is 22.0 Å². The summed E-state index contributed by atoms with van der Waals surface area (Å²) < 4.78 is 58.6. The van der Waals surface area contributed by atoms with Crippen molar-refractivity contribution in [3.8, 4) is 5.75 Å². The van der Waals surface area contributed by atoms with Crippen LogP contribution in [0.5, 0.6) is 5.75 Å². The molecule has 1 aliphatic heterocycles. The largest absolute Gasteiger partial charge is 0.497 e. The predicted octanol–water partition coefficient (Wildman–Crippen LogP) is 2.98. The number of fused-ring (bicyclic) bond motifs is 1. The Morgan fingerprint density at radius 3 is 2.38 bits per heavy atom. The van der Waals surface area contributed by atoms with Crippen LogP contribution in [0, 0.1) is 18.6 Å². The molecule has 0 unspecified atom stereocenters. The SMILES string of the molecule is COc1ccc2nc(C)c(C(=O)N3CCN(S(=O)(=O)c4ccc(F)c(F)c4)CC3)cc2c1. The van der Waals surface area contributed by atoms with Crippen LogP contribution in [-0.4, -0.2) is 61.8 Å². The van der Waals surface area contributed by atoms with E-state index in [1.165, 1.54) is 4.31 Å². The van der Waals surface area contributed by atoms with Crippen LogP contribution in [0.1, 0.15) is 16.1 Å². The van der Waals surface area contributed by atoms with Gasteiger partial charge in [-0.1, -0.05) is 0 Å². The molecule has 0 atom stereocenters. The highest BCUT2D eigenvalue weighted by molar-refractivity contribution is 7.89. The first-order valence-corrected chi connectivity index (χ1v) is 11.3. The lowest BCUT2D eigenvalue weighted by atomic mass is 10.1. The molecule has 0 N–H and O–H groups in total. The van der Waals surface area contributed by atoms with Gasteiger partial charge in [0.25, 0.3) is 5.91 Å². The normalized spacial score (nSPS) is 15.2. The van der Waals surface area contributed by atoms with Gasteiger partial charge in [0.2, 0.25) is 10.0 Å². The summed E-state index contributed by atoms with van der Waals surface area (Å²) in [6.07, 6.45) is 0. The molecule has 0 radical (unpaired) electrons. The Kier molecular flexibility index (Phi) is 5.83. The Labute approximate surface area is 184 Å². The van der Waals surface area contributed by atoms with Crippen LogP contribution in [0.4, 0.5) is 8.78 Å². The maximum atomic E-state index is 13.5. The van der Waals surface area contributed by atoms with E-state index in [-0.39, 0.29) is 37.0 Å². The molecule has 2 aromatic carbocycles. The number of amides is 1. The Morgan fingerprint density at radius 1 is 1.00 bits per heavy atom. The molecule has 0 aliphatic carbocycles. The van der Waals surface area contributed by atoms with Gasteiger partial charge in [-0.05, 0) is 49.4 Å². The number of methoxy groups -OCH3 is 1. The highest BCUT2D eigenvalue weighted by atomic mass is 32.2. The number of pyridine rings is 1. The molecule has 1 fully saturated rings. The minimum Gasteiger partial charge on any atom is -0.497 e. The predicted molar refractivity (Wildman–Crippen MR) is 114 cm³/mol. The second-order valence-corrected chi connectivity index (χ2v) is 9.39. The molecular formula is C22H21F2N3O4S. The van der Waals surface area contributed by atoms with E-state index in [2.05, 4.69) is 4.98 Å². The molecule has 4 rings (SSSR count). The number of carbonyl (C=O) groups is 1.